The highest BCUT2D eigenvalue weighted by atomic mass is 16.5. The lowest BCUT2D eigenvalue weighted by Crippen LogP contribution is -2.47. The van der Waals surface area contributed by atoms with Crippen LogP contribution in [0.2, 0.25) is 0 Å². The van der Waals surface area contributed by atoms with Crippen molar-refractivity contribution in [1.29, 1.82) is 0 Å². The molecule has 1 saturated heterocycles. The summed E-state index contributed by atoms with van der Waals surface area (Å²) >= 11 is 0. The Labute approximate surface area is 148 Å². The predicted octanol–water partition coefficient (Wildman–Crippen LogP) is 2.55. The van der Waals surface area contributed by atoms with Crippen LogP contribution in [0, 0.1) is 5.92 Å². The highest BCUT2D eigenvalue weighted by molar-refractivity contribution is 6.39. The quantitative estimate of drug-likeness (QED) is 0.671. The van der Waals surface area contributed by atoms with E-state index in [0.717, 1.165) is 5.56 Å². The second kappa shape index (κ2) is 8.65. The minimum Gasteiger partial charge on any atom is -0.466 e. The van der Waals surface area contributed by atoms with Gasteiger partial charge in [0, 0.05) is 18.8 Å². The molecule has 1 unspecified atom stereocenters. The molecule has 0 aliphatic carbocycles. The standard InChI is InChI=1S/C19H26N2O4/c1-4-25-19(24)14-8-7-11-21(12-14)18(23)17(22)20-16-10-6-5-9-15(16)13(2)3/h5-6,9-10,13-14H,4,7-8,11-12H2,1-3H3,(H,20,22). The van der Waals surface area contributed by atoms with Crippen molar-refractivity contribution in [1.82, 2.24) is 4.90 Å². The number of piperidine rings is 1. The molecule has 2 amide bonds. The van der Waals surface area contributed by atoms with E-state index in [4.69, 9.17) is 4.74 Å². The van der Waals surface area contributed by atoms with Gasteiger partial charge in [-0.2, -0.15) is 0 Å². The Morgan fingerprint density at radius 1 is 1.28 bits per heavy atom. The zero-order valence-electron chi connectivity index (χ0n) is 15.1. The van der Waals surface area contributed by atoms with Crippen LogP contribution in [0.15, 0.2) is 24.3 Å². The molecule has 0 bridgehead atoms. The van der Waals surface area contributed by atoms with E-state index in [1.807, 2.05) is 32.0 Å². The Hall–Kier alpha value is -2.37. The summed E-state index contributed by atoms with van der Waals surface area (Å²) in [6.07, 6.45) is 1.37. The van der Waals surface area contributed by atoms with Gasteiger partial charge >= 0.3 is 17.8 Å². The van der Waals surface area contributed by atoms with E-state index in [-0.39, 0.29) is 24.3 Å². The number of hydrogen-bond donors (Lipinski definition) is 1. The van der Waals surface area contributed by atoms with Gasteiger partial charge in [0.05, 0.1) is 12.5 Å². The second-order valence-corrected chi connectivity index (χ2v) is 6.54. The summed E-state index contributed by atoms with van der Waals surface area (Å²) in [4.78, 5) is 38.2. The summed E-state index contributed by atoms with van der Waals surface area (Å²) in [7, 11) is 0. The van der Waals surface area contributed by atoms with Crippen molar-refractivity contribution in [3.63, 3.8) is 0 Å². The highest BCUT2D eigenvalue weighted by Gasteiger charge is 2.32. The van der Waals surface area contributed by atoms with Crippen LogP contribution in [0.25, 0.3) is 0 Å². The van der Waals surface area contributed by atoms with Gasteiger partial charge in [-0.15, -0.1) is 0 Å². The molecule has 1 aliphatic rings. The van der Waals surface area contributed by atoms with Crippen LogP contribution in [0.3, 0.4) is 0 Å². The molecule has 2 rings (SSSR count). The molecule has 0 aromatic heterocycles. The number of nitrogens with zero attached hydrogens (tertiary/aromatic N) is 1. The fraction of sp³-hybridized carbons (Fsp3) is 0.526. The summed E-state index contributed by atoms with van der Waals surface area (Å²) in [6, 6.07) is 7.45. The average molecular weight is 346 g/mol. The minimum absolute atomic E-state index is 0.231. The molecule has 0 radical (unpaired) electrons. The number of amides is 2. The molecule has 6 nitrogen and oxygen atoms in total. The zero-order valence-corrected chi connectivity index (χ0v) is 15.1. The average Bonchev–Trinajstić information content (AvgIpc) is 2.61. The van der Waals surface area contributed by atoms with Gasteiger partial charge in [-0.25, -0.2) is 0 Å². The summed E-state index contributed by atoms with van der Waals surface area (Å²) in [5.74, 6) is -1.70. The predicted molar refractivity (Wildman–Crippen MR) is 95.1 cm³/mol. The highest BCUT2D eigenvalue weighted by Crippen LogP contribution is 2.24. The van der Waals surface area contributed by atoms with Crippen LogP contribution < -0.4 is 5.32 Å². The molecule has 0 spiro atoms. The number of nitrogens with one attached hydrogen (secondary N) is 1. The van der Waals surface area contributed by atoms with Gasteiger partial charge in [-0.3, -0.25) is 14.4 Å². The normalized spacial score (nSPS) is 17.3. The van der Waals surface area contributed by atoms with Crippen LogP contribution in [0.5, 0.6) is 0 Å². The SMILES string of the molecule is CCOC(=O)C1CCCN(C(=O)C(=O)Nc2ccccc2C(C)C)C1. The van der Waals surface area contributed by atoms with Gasteiger partial charge in [-0.05, 0) is 37.3 Å². The zero-order chi connectivity index (χ0) is 18.4. The lowest BCUT2D eigenvalue weighted by Gasteiger charge is -2.31. The van der Waals surface area contributed by atoms with Crippen molar-refractivity contribution >= 4 is 23.5 Å². The van der Waals surface area contributed by atoms with Crippen LogP contribution in [0.4, 0.5) is 5.69 Å². The Kier molecular flexibility index (Phi) is 6.56. The largest absolute Gasteiger partial charge is 0.466 e. The molecule has 25 heavy (non-hydrogen) atoms. The Bertz CT molecular complexity index is 642. The first-order valence-corrected chi connectivity index (χ1v) is 8.79. The fourth-order valence-corrected chi connectivity index (χ4v) is 3.05. The maximum atomic E-state index is 12.5. The van der Waals surface area contributed by atoms with Gasteiger partial charge in [0.15, 0.2) is 0 Å². The van der Waals surface area contributed by atoms with E-state index >= 15 is 0 Å². The van der Waals surface area contributed by atoms with Crippen LogP contribution in [-0.2, 0) is 19.1 Å². The number of para-hydroxylation sites is 1. The molecule has 6 heteroatoms. The van der Waals surface area contributed by atoms with Crippen molar-refractivity contribution in [2.75, 3.05) is 25.0 Å². The number of rotatable bonds is 4. The van der Waals surface area contributed by atoms with Gasteiger partial charge in [0.2, 0.25) is 0 Å². The molecule has 1 atom stereocenters. The lowest BCUT2D eigenvalue weighted by molar-refractivity contribution is -0.153. The molecule has 1 fully saturated rings. The first-order chi connectivity index (χ1) is 11.9. The van der Waals surface area contributed by atoms with Crippen molar-refractivity contribution in [3.05, 3.63) is 29.8 Å². The van der Waals surface area contributed by atoms with Crippen LogP contribution in [-0.4, -0.2) is 42.4 Å². The summed E-state index contributed by atoms with van der Waals surface area (Å²) in [5, 5.41) is 2.71. The van der Waals surface area contributed by atoms with Crippen molar-refractivity contribution in [2.24, 2.45) is 5.92 Å². The molecular weight excluding hydrogens is 320 g/mol. The first-order valence-electron chi connectivity index (χ1n) is 8.79. The van der Waals surface area contributed by atoms with Crippen LogP contribution >= 0.6 is 0 Å². The van der Waals surface area contributed by atoms with Crippen molar-refractivity contribution in [2.45, 2.75) is 39.5 Å². The van der Waals surface area contributed by atoms with E-state index in [9.17, 15) is 14.4 Å². The maximum Gasteiger partial charge on any atom is 0.313 e. The van der Waals surface area contributed by atoms with E-state index in [1.165, 1.54) is 4.90 Å². The number of likely N-dealkylation sites (tertiary alicyclic amines) is 1. The summed E-state index contributed by atoms with van der Waals surface area (Å²) in [5.41, 5.74) is 1.63. The third-order valence-corrected chi connectivity index (χ3v) is 4.35. The second-order valence-electron chi connectivity index (χ2n) is 6.54. The van der Waals surface area contributed by atoms with Gasteiger partial charge in [0.25, 0.3) is 0 Å². The molecular formula is C19H26N2O4. The van der Waals surface area contributed by atoms with E-state index in [0.29, 0.717) is 31.7 Å². The van der Waals surface area contributed by atoms with E-state index < -0.39 is 11.8 Å². The summed E-state index contributed by atoms with van der Waals surface area (Å²) < 4.78 is 5.03. The van der Waals surface area contributed by atoms with Crippen LogP contribution in [0.1, 0.15) is 45.1 Å². The third kappa shape index (κ3) is 4.81. The number of benzene rings is 1. The number of esters is 1. The first kappa shape index (κ1) is 19.0. The van der Waals surface area contributed by atoms with Gasteiger partial charge < -0.3 is 15.0 Å². The Morgan fingerprint density at radius 3 is 2.68 bits per heavy atom. The number of carbonyl (C=O) groups is 3. The van der Waals surface area contributed by atoms with E-state index in [1.54, 1.807) is 13.0 Å². The number of hydrogen-bond acceptors (Lipinski definition) is 4. The molecule has 1 aliphatic heterocycles. The van der Waals surface area contributed by atoms with Gasteiger partial charge in [0.1, 0.15) is 0 Å². The molecule has 136 valence electrons. The smallest absolute Gasteiger partial charge is 0.313 e. The Morgan fingerprint density at radius 2 is 2.00 bits per heavy atom. The molecule has 1 heterocycles. The number of carbonyl (C=O) groups excluding carboxylic acids is 3. The third-order valence-electron chi connectivity index (χ3n) is 4.35. The Balaban J connectivity index is 2.02. The van der Waals surface area contributed by atoms with E-state index in [2.05, 4.69) is 5.32 Å². The number of anilines is 1. The maximum absolute atomic E-state index is 12.5. The molecule has 1 aromatic carbocycles. The fourth-order valence-electron chi connectivity index (χ4n) is 3.05. The lowest BCUT2D eigenvalue weighted by atomic mass is 9.98. The minimum atomic E-state index is -0.669. The topological polar surface area (TPSA) is 75.7 Å². The molecule has 1 aromatic rings. The van der Waals surface area contributed by atoms with Gasteiger partial charge in [-0.1, -0.05) is 32.0 Å². The monoisotopic (exact) mass is 346 g/mol. The van der Waals surface area contributed by atoms with Crippen molar-refractivity contribution in [3.8, 4) is 0 Å². The molecule has 0 saturated carbocycles. The summed E-state index contributed by atoms with van der Waals surface area (Å²) in [6.45, 7) is 6.84. The molecule has 1 N–H and O–H groups in total. The number of ether oxygens (including phenoxy) is 1. The van der Waals surface area contributed by atoms with Crippen molar-refractivity contribution < 1.29 is 19.1 Å².